The van der Waals surface area contributed by atoms with E-state index in [0.29, 0.717) is 16.9 Å². The number of carbonyl (C=O) groups is 1. The molecule has 1 aromatic carbocycles. The smallest absolute Gasteiger partial charge is 0.248 e. The van der Waals surface area contributed by atoms with Gasteiger partial charge in [0.05, 0.1) is 23.7 Å². The fourth-order valence-electron chi connectivity index (χ4n) is 2.70. The van der Waals surface area contributed by atoms with E-state index >= 15 is 0 Å². The number of fused-ring (bicyclic) bond motifs is 1. The highest BCUT2D eigenvalue weighted by Crippen LogP contribution is 2.34. The monoisotopic (exact) mass is 387 g/mol. The summed E-state index contributed by atoms with van der Waals surface area (Å²) < 4.78 is 32.0. The number of hydrogen-bond acceptors (Lipinski definition) is 5. The third-order valence-corrected chi connectivity index (χ3v) is 6.85. The number of carbonyl (C=O) groups excluding carboxylic acids is 1. The zero-order valence-corrected chi connectivity index (χ0v) is 16.4. The van der Waals surface area contributed by atoms with Crippen molar-refractivity contribution in [3.05, 3.63) is 48.3 Å². The molecule has 2 heterocycles. The molecule has 27 heavy (non-hydrogen) atoms. The van der Waals surface area contributed by atoms with E-state index in [1.807, 2.05) is 0 Å². The van der Waals surface area contributed by atoms with E-state index in [1.54, 1.807) is 61.7 Å². The molecule has 8 heteroatoms. The summed E-state index contributed by atoms with van der Waals surface area (Å²) in [5.41, 5.74) is 7.68. The second kappa shape index (κ2) is 6.38. The van der Waals surface area contributed by atoms with Crippen molar-refractivity contribution in [3.8, 4) is 17.0 Å². The normalized spacial score (nSPS) is 12.3. The molecule has 0 unspecified atom stereocenters. The van der Waals surface area contributed by atoms with Crippen LogP contribution in [-0.4, -0.2) is 35.6 Å². The molecule has 1 amide bonds. The Labute approximate surface area is 157 Å². The number of imidazole rings is 1. The van der Waals surface area contributed by atoms with Crippen molar-refractivity contribution in [2.45, 2.75) is 30.4 Å². The maximum atomic E-state index is 13.0. The largest absolute Gasteiger partial charge is 0.495 e. The quantitative estimate of drug-likeness (QED) is 0.741. The molecule has 3 aromatic rings. The second-order valence-electron chi connectivity index (χ2n) is 7.14. The summed E-state index contributed by atoms with van der Waals surface area (Å²) in [6.07, 6.45) is 3.17. The van der Waals surface area contributed by atoms with Gasteiger partial charge in [0.25, 0.3) is 0 Å². The van der Waals surface area contributed by atoms with Crippen LogP contribution in [0.3, 0.4) is 0 Å². The van der Waals surface area contributed by atoms with E-state index in [-0.39, 0.29) is 10.6 Å². The zero-order chi connectivity index (χ0) is 20.0. The molecule has 2 aromatic heterocycles. The molecule has 7 nitrogen and oxygen atoms in total. The third kappa shape index (κ3) is 3.16. The Morgan fingerprint density at radius 3 is 2.33 bits per heavy atom. The van der Waals surface area contributed by atoms with E-state index in [4.69, 9.17) is 10.5 Å². The van der Waals surface area contributed by atoms with Crippen LogP contribution < -0.4 is 10.5 Å². The fraction of sp³-hybridized carbons (Fsp3) is 0.263. The van der Waals surface area contributed by atoms with Gasteiger partial charge < -0.3 is 10.5 Å². The van der Waals surface area contributed by atoms with Crippen LogP contribution in [0.4, 0.5) is 0 Å². The molecule has 2 N–H and O–H groups in total. The van der Waals surface area contributed by atoms with Crippen molar-refractivity contribution in [2.75, 3.05) is 7.11 Å². The molecule has 0 radical (unpaired) electrons. The highest BCUT2D eigenvalue weighted by Gasteiger charge is 2.34. The Morgan fingerprint density at radius 1 is 1.19 bits per heavy atom. The topological polar surface area (TPSA) is 104 Å². The summed E-state index contributed by atoms with van der Waals surface area (Å²) in [5.74, 6) is -0.262. The van der Waals surface area contributed by atoms with E-state index in [0.717, 1.165) is 5.56 Å². The number of aromatic nitrogens is 2. The minimum atomic E-state index is -3.64. The number of rotatable bonds is 4. The Morgan fingerprint density at radius 2 is 1.81 bits per heavy atom. The van der Waals surface area contributed by atoms with Crippen molar-refractivity contribution in [1.29, 1.82) is 0 Å². The molecule has 0 aliphatic rings. The van der Waals surface area contributed by atoms with Crippen molar-refractivity contribution >= 4 is 21.4 Å². The van der Waals surface area contributed by atoms with Gasteiger partial charge in [-0.05, 0) is 32.9 Å². The van der Waals surface area contributed by atoms with Crippen LogP contribution in [0.25, 0.3) is 16.9 Å². The molecule has 142 valence electrons. The first-order valence-electron chi connectivity index (χ1n) is 8.26. The predicted octanol–water partition coefficient (Wildman–Crippen LogP) is 2.68. The second-order valence-corrected chi connectivity index (χ2v) is 9.81. The number of ether oxygens (including phenoxy) is 1. The molecule has 0 saturated heterocycles. The SMILES string of the molecule is COc1cc2ncc(-c3ccc(C(N)=O)cc3)n2cc1S(=O)(=O)C(C)(C)C. The lowest BCUT2D eigenvalue weighted by molar-refractivity contribution is 0.100. The molecule has 0 spiro atoms. The van der Waals surface area contributed by atoms with Crippen molar-refractivity contribution in [1.82, 2.24) is 9.38 Å². The van der Waals surface area contributed by atoms with E-state index in [2.05, 4.69) is 4.98 Å². The number of amides is 1. The van der Waals surface area contributed by atoms with Crippen LogP contribution in [-0.2, 0) is 9.84 Å². The Hall–Kier alpha value is -2.87. The van der Waals surface area contributed by atoms with Gasteiger partial charge in [-0.15, -0.1) is 0 Å². The van der Waals surface area contributed by atoms with Gasteiger partial charge in [0.2, 0.25) is 5.91 Å². The number of primary amides is 1. The van der Waals surface area contributed by atoms with Crippen LogP contribution in [0.5, 0.6) is 5.75 Å². The summed E-state index contributed by atoms with van der Waals surface area (Å²) in [6.45, 7) is 4.93. The molecular formula is C19H21N3O4S. The number of methoxy groups -OCH3 is 1. The van der Waals surface area contributed by atoms with Gasteiger partial charge in [-0.25, -0.2) is 13.4 Å². The Bertz CT molecular complexity index is 1120. The van der Waals surface area contributed by atoms with Crippen molar-refractivity contribution < 1.29 is 17.9 Å². The average Bonchev–Trinajstić information content (AvgIpc) is 3.02. The summed E-state index contributed by atoms with van der Waals surface area (Å²) in [6, 6.07) is 8.32. The molecule has 0 bridgehead atoms. The Kier molecular flexibility index (Phi) is 4.47. The minimum absolute atomic E-state index is 0.0954. The standard InChI is InChI=1S/C19H21N3O4S/c1-19(2,3)27(24,25)16-11-22-14(10-21-17(22)9-15(16)26-4)12-5-7-13(8-6-12)18(20)23/h5-11H,1-4H3,(H2,20,23). The van der Waals surface area contributed by atoms with Gasteiger partial charge >= 0.3 is 0 Å². The first-order valence-corrected chi connectivity index (χ1v) is 9.74. The first kappa shape index (κ1) is 18.9. The highest BCUT2D eigenvalue weighted by atomic mass is 32.2. The minimum Gasteiger partial charge on any atom is -0.495 e. The lowest BCUT2D eigenvalue weighted by Gasteiger charge is -2.21. The van der Waals surface area contributed by atoms with Crippen LogP contribution >= 0.6 is 0 Å². The molecular weight excluding hydrogens is 366 g/mol. The summed E-state index contributed by atoms with van der Waals surface area (Å²) >= 11 is 0. The van der Waals surface area contributed by atoms with Gasteiger partial charge in [0.1, 0.15) is 16.3 Å². The van der Waals surface area contributed by atoms with Crippen molar-refractivity contribution in [2.24, 2.45) is 5.73 Å². The highest BCUT2D eigenvalue weighted by molar-refractivity contribution is 7.92. The van der Waals surface area contributed by atoms with Crippen LogP contribution in [0.1, 0.15) is 31.1 Å². The van der Waals surface area contributed by atoms with E-state index in [9.17, 15) is 13.2 Å². The van der Waals surface area contributed by atoms with Crippen LogP contribution in [0.15, 0.2) is 47.6 Å². The molecule has 0 aliphatic heterocycles. The van der Waals surface area contributed by atoms with Crippen LogP contribution in [0.2, 0.25) is 0 Å². The number of benzene rings is 1. The summed E-state index contributed by atoms with van der Waals surface area (Å²) in [5, 5.41) is 0. The van der Waals surface area contributed by atoms with Gasteiger partial charge in [0.15, 0.2) is 9.84 Å². The fourth-order valence-corrected chi connectivity index (χ4v) is 4.01. The number of nitrogens with two attached hydrogens (primary N) is 1. The number of nitrogens with zero attached hydrogens (tertiary/aromatic N) is 2. The van der Waals surface area contributed by atoms with Crippen molar-refractivity contribution in [3.63, 3.8) is 0 Å². The maximum absolute atomic E-state index is 13.0. The van der Waals surface area contributed by atoms with E-state index in [1.165, 1.54) is 13.3 Å². The Balaban J connectivity index is 2.23. The average molecular weight is 387 g/mol. The van der Waals surface area contributed by atoms with E-state index < -0.39 is 20.5 Å². The maximum Gasteiger partial charge on any atom is 0.248 e. The zero-order valence-electron chi connectivity index (χ0n) is 15.6. The molecule has 3 rings (SSSR count). The third-order valence-electron chi connectivity index (χ3n) is 4.36. The lowest BCUT2D eigenvalue weighted by Crippen LogP contribution is -2.28. The number of pyridine rings is 1. The predicted molar refractivity (Wildman–Crippen MR) is 103 cm³/mol. The van der Waals surface area contributed by atoms with Gasteiger partial charge in [-0.2, -0.15) is 0 Å². The molecule has 0 aliphatic carbocycles. The summed E-state index contributed by atoms with van der Waals surface area (Å²) in [7, 11) is -2.21. The van der Waals surface area contributed by atoms with Crippen LogP contribution in [0, 0.1) is 0 Å². The van der Waals surface area contributed by atoms with Gasteiger partial charge in [-0.1, -0.05) is 12.1 Å². The number of sulfone groups is 1. The number of hydrogen-bond donors (Lipinski definition) is 1. The van der Waals surface area contributed by atoms with Gasteiger partial charge in [-0.3, -0.25) is 9.20 Å². The molecule has 0 saturated carbocycles. The molecule has 0 fully saturated rings. The summed E-state index contributed by atoms with van der Waals surface area (Å²) in [4.78, 5) is 15.7. The van der Waals surface area contributed by atoms with Gasteiger partial charge in [0, 0.05) is 23.4 Å². The first-order chi connectivity index (χ1) is 12.6. The molecule has 0 atom stereocenters. The lowest BCUT2D eigenvalue weighted by atomic mass is 10.1.